The van der Waals surface area contributed by atoms with Crippen LogP contribution in [0.2, 0.25) is 0 Å². The summed E-state index contributed by atoms with van der Waals surface area (Å²) in [5, 5.41) is 3.20. The van der Waals surface area contributed by atoms with Crippen molar-refractivity contribution >= 4 is 5.78 Å². The van der Waals surface area contributed by atoms with E-state index in [0.717, 1.165) is 19.4 Å². The molecule has 1 rings (SSSR count). The van der Waals surface area contributed by atoms with E-state index in [1.54, 1.807) is 6.92 Å². The van der Waals surface area contributed by atoms with E-state index in [4.69, 9.17) is 0 Å². The Kier molecular flexibility index (Phi) is 2.14. The first kappa shape index (κ1) is 8.47. The van der Waals surface area contributed by atoms with Crippen LogP contribution in [0.1, 0.15) is 26.7 Å². The van der Waals surface area contributed by atoms with Gasteiger partial charge < -0.3 is 5.32 Å². The Balaban J connectivity index is 2.71. The van der Waals surface area contributed by atoms with Gasteiger partial charge in [0.1, 0.15) is 0 Å². The molecule has 0 aliphatic carbocycles. The van der Waals surface area contributed by atoms with Gasteiger partial charge in [-0.25, -0.2) is 0 Å². The van der Waals surface area contributed by atoms with Crippen molar-refractivity contribution in [1.82, 2.24) is 5.32 Å². The van der Waals surface area contributed by atoms with E-state index < -0.39 is 0 Å². The maximum absolute atomic E-state index is 11.5. The van der Waals surface area contributed by atoms with Crippen molar-refractivity contribution in [2.75, 3.05) is 6.54 Å². The van der Waals surface area contributed by atoms with E-state index in [-0.39, 0.29) is 11.3 Å². The smallest absolute Gasteiger partial charge is 0.177 e. The van der Waals surface area contributed by atoms with Crippen molar-refractivity contribution < 1.29 is 4.79 Å². The normalized spacial score (nSPS) is 30.4. The molecule has 0 radical (unpaired) electrons. The lowest BCUT2D eigenvalue weighted by atomic mass is 9.91. The first-order valence-corrected chi connectivity index (χ1v) is 4.01. The fourth-order valence-electron chi connectivity index (χ4n) is 1.56. The number of carbonyl (C=O) groups is 1. The highest BCUT2D eigenvalue weighted by Crippen LogP contribution is 2.21. The molecule has 0 bridgehead atoms. The Morgan fingerprint density at radius 2 is 2.27 bits per heavy atom. The molecule has 2 nitrogen and oxygen atoms in total. The number of ketones is 1. The zero-order chi connectivity index (χ0) is 8.48. The van der Waals surface area contributed by atoms with Crippen molar-refractivity contribution in [2.45, 2.75) is 32.2 Å². The third-order valence-corrected chi connectivity index (χ3v) is 2.26. The standard InChI is InChI=1S/C9H15NO/c1-7(2)8(11)9(3)5-4-6-10-9/h10H,1,4-6H2,2-3H3/t9-/m0/s1. The van der Waals surface area contributed by atoms with Crippen LogP contribution < -0.4 is 5.32 Å². The Hall–Kier alpha value is -0.630. The summed E-state index contributed by atoms with van der Waals surface area (Å²) in [5.74, 6) is 0.162. The molecule has 62 valence electrons. The molecule has 1 aliphatic rings. The average Bonchev–Trinajstić information content (AvgIpc) is 2.35. The van der Waals surface area contributed by atoms with Crippen molar-refractivity contribution in [3.05, 3.63) is 12.2 Å². The van der Waals surface area contributed by atoms with Gasteiger partial charge in [0, 0.05) is 0 Å². The van der Waals surface area contributed by atoms with Crippen molar-refractivity contribution in [1.29, 1.82) is 0 Å². The summed E-state index contributed by atoms with van der Waals surface area (Å²) in [6.45, 7) is 8.34. The summed E-state index contributed by atoms with van der Waals surface area (Å²) < 4.78 is 0. The fraction of sp³-hybridized carbons (Fsp3) is 0.667. The molecular weight excluding hydrogens is 138 g/mol. The van der Waals surface area contributed by atoms with Crippen molar-refractivity contribution in [2.24, 2.45) is 0 Å². The molecular formula is C9H15NO. The third kappa shape index (κ3) is 1.51. The predicted molar refractivity (Wildman–Crippen MR) is 45.5 cm³/mol. The zero-order valence-corrected chi connectivity index (χ0v) is 7.24. The second kappa shape index (κ2) is 2.78. The second-order valence-corrected chi connectivity index (χ2v) is 3.47. The van der Waals surface area contributed by atoms with E-state index >= 15 is 0 Å². The quantitative estimate of drug-likeness (QED) is 0.605. The average molecular weight is 153 g/mol. The third-order valence-electron chi connectivity index (χ3n) is 2.26. The molecule has 2 heteroatoms. The molecule has 1 heterocycles. The summed E-state index contributed by atoms with van der Waals surface area (Å²) in [5.41, 5.74) is 0.341. The van der Waals surface area contributed by atoms with E-state index in [2.05, 4.69) is 11.9 Å². The molecule has 1 atom stereocenters. The van der Waals surface area contributed by atoms with Crippen LogP contribution in [-0.4, -0.2) is 17.9 Å². The van der Waals surface area contributed by atoms with Gasteiger partial charge in [0.15, 0.2) is 5.78 Å². The lowest BCUT2D eigenvalue weighted by Gasteiger charge is -2.22. The molecule has 0 aromatic carbocycles. The van der Waals surface area contributed by atoms with Gasteiger partial charge >= 0.3 is 0 Å². The molecule has 1 fully saturated rings. The van der Waals surface area contributed by atoms with Gasteiger partial charge in [0.2, 0.25) is 0 Å². The van der Waals surface area contributed by atoms with E-state index in [1.807, 2.05) is 6.92 Å². The molecule has 1 N–H and O–H groups in total. The summed E-state index contributed by atoms with van der Waals surface area (Å²) in [6, 6.07) is 0. The van der Waals surface area contributed by atoms with Crippen LogP contribution in [0.25, 0.3) is 0 Å². The molecule has 0 saturated carbocycles. The van der Waals surface area contributed by atoms with Gasteiger partial charge in [-0.05, 0) is 38.8 Å². The molecule has 0 amide bonds. The highest BCUT2D eigenvalue weighted by atomic mass is 16.1. The van der Waals surface area contributed by atoms with E-state index in [0.29, 0.717) is 5.57 Å². The van der Waals surface area contributed by atoms with Gasteiger partial charge in [-0.2, -0.15) is 0 Å². The van der Waals surface area contributed by atoms with Gasteiger partial charge in [0.25, 0.3) is 0 Å². The van der Waals surface area contributed by atoms with E-state index in [9.17, 15) is 4.79 Å². The molecule has 1 aliphatic heterocycles. The molecule has 0 aromatic heterocycles. The summed E-state index contributed by atoms with van der Waals surface area (Å²) in [7, 11) is 0. The lowest BCUT2D eigenvalue weighted by Crippen LogP contribution is -2.44. The summed E-state index contributed by atoms with van der Waals surface area (Å²) >= 11 is 0. The summed E-state index contributed by atoms with van der Waals surface area (Å²) in [4.78, 5) is 11.5. The van der Waals surface area contributed by atoms with Crippen LogP contribution in [-0.2, 0) is 4.79 Å². The number of hydrogen-bond acceptors (Lipinski definition) is 2. The largest absolute Gasteiger partial charge is 0.305 e. The Morgan fingerprint density at radius 1 is 1.64 bits per heavy atom. The molecule has 0 spiro atoms. The first-order chi connectivity index (χ1) is 5.06. The van der Waals surface area contributed by atoms with Gasteiger partial charge in [0.05, 0.1) is 5.54 Å². The lowest BCUT2D eigenvalue weighted by molar-refractivity contribution is -0.120. The van der Waals surface area contributed by atoms with Gasteiger partial charge in [-0.1, -0.05) is 6.58 Å². The van der Waals surface area contributed by atoms with Crippen LogP contribution >= 0.6 is 0 Å². The minimum absolute atomic E-state index is 0.162. The van der Waals surface area contributed by atoms with Gasteiger partial charge in [-0.15, -0.1) is 0 Å². The first-order valence-electron chi connectivity index (χ1n) is 4.01. The maximum Gasteiger partial charge on any atom is 0.177 e. The van der Waals surface area contributed by atoms with Crippen LogP contribution in [0, 0.1) is 0 Å². The highest BCUT2D eigenvalue weighted by molar-refractivity contribution is 6.01. The number of rotatable bonds is 2. The van der Waals surface area contributed by atoms with Crippen molar-refractivity contribution in [3.8, 4) is 0 Å². The van der Waals surface area contributed by atoms with Gasteiger partial charge in [-0.3, -0.25) is 4.79 Å². The highest BCUT2D eigenvalue weighted by Gasteiger charge is 2.35. The number of carbonyl (C=O) groups excluding carboxylic acids is 1. The Morgan fingerprint density at radius 3 is 2.64 bits per heavy atom. The zero-order valence-electron chi connectivity index (χ0n) is 7.24. The Labute approximate surface area is 67.7 Å². The number of nitrogens with one attached hydrogen (secondary N) is 1. The number of hydrogen-bond donors (Lipinski definition) is 1. The molecule has 0 aromatic rings. The topological polar surface area (TPSA) is 29.1 Å². The van der Waals surface area contributed by atoms with Crippen LogP contribution in [0.4, 0.5) is 0 Å². The predicted octanol–water partition coefficient (Wildman–Crippen LogP) is 1.27. The van der Waals surface area contributed by atoms with Crippen LogP contribution in [0.15, 0.2) is 12.2 Å². The van der Waals surface area contributed by atoms with Crippen LogP contribution in [0.5, 0.6) is 0 Å². The second-order valence-electron chi connectivity index (χ2n) is 3.47. The number of Topliss-reactive ketones (excluding diaryl/α,β-unsaturated/α-hetero) is 1. The van der Waals surface area contributed by atoms with E-state index in [1.165, 1.54) is 0 Å². The maximum atomic E-state index is 11.5. The molecule has 1 saturated heterocycles. The Bertz CT molecular complexity index is 190. The minimum atomic E-state index is -0.314. The minimum Gasteiger partial charge on any atom is -0.305 e. The fourth-order valence-corrected chi connectivity index (χ4v) is 1.56. The molecule has 11 heavy (non-hydrogen) atoms. The monoisotopic (exact) mass is 153 g/mol. The SMILES string of the molecule is C=C(C)C(=O)[C@]1(C)CCCN1. The molecule has 0 unspecified atom stereocenters. The van der Waals surface area contributed by atoms with Crippen LogP contribution in [0.3, 0.4) is 0 Å². The van der Waals surface area contributed by atoms with Crippen molar-refractivity contribution in [3.63, 3.8) is 0 Å². The summed E-state index contributed by atoms with van der Waals surface area (Å²) in [6.07, 6.45) is 2.04.